The van der Waals surface area contributed by atoms with Crippen LogP contribution in [-0.4, -0.2) is 57.4 Å². The Balaban J connectivity index is 3.12. The molecule has 114 valence electrons. The average Bonchev–Trinajstić information content (AvgIpc) is 2.32. The molecule has 0 aromatic rings. The smallest absolute Gasteiger partial charge is 0.245 e. The summed E-state index contributed by atoms with van der Waals surface area (Å²) in [6.45, 7) is 11.5. The normalized spacial score (nSPS) is 22.7. The molecule has 0 aliphatic carbocycles. The molecule has 0 aromatic carbocycles. The number of carbonyl (C=O) groups excluding carboxylic acids is 1. The van der Waals surface area contributed by atoms with Gasteiger partial charge in [-0.25, -0.2) is 0 Å². The van der Waals surface area contributed by atoms with E-state index in [-0.39, 0.29) is 12.5 Å². The van der Waals surface area contributed by atoms with Crippen molar-refractivity contribution in [2.45, 2.75) is 58.2 Å². The number of piperazine rings is 1. The van der Waals surface area contributed by atoms with Crippen LogP contribution in [0.5, 0.6) is 0 Å². The van der Waals surface area contributed by atoms with Crippen molar-refractivity contribution in [3.63, 3.8) is 0 Å². The molecule has 1 saturated heterocycles. The molecular weight excluding hydrogens is 258 g/mol. The maximum atomic E-state index is 12.5. The molecular formula is C14H25N3O3. The van der Waals surface area contributed by atoms with Crippen molar-refractivity contribution in [1.82, 2.24) is 9.96 Å². The minimum absolute atomic E-state index is 0.0670. The highest BCUT2D eigenvalue weighted by Gasteiger charge is 2.53. The van der Waals surface area contributed by atoms with Gasteiger partial charge >= 0.3 is 0 Å². The zero-order valence-electron chi connectivity index (χ0n) is 13.2. The highest BCUT2D eigenvalue weighted by Crippen LogP contribution is 2.35. The van der Waals surface area contributed by atoms with Gasteiger partial charge in [0.1, 0.15) is 5.54 Å². The van der Waals surface area contributed by atoms with Gasteiger partial charge in [0.05, 0.1) is 18.2 Å². The van der Waals surface area contributed by atoms with E-state index in [1.165, 1.54) is 0 Å². The van der Waals surface area contributed by atoms with E-state index in [0.717, 1.165) is 0 Å². The van der Waals surface area contributed by atoms with Gasteiger partial charge in [0, 0.05) is 13.1 Å². The van der Waals surface area contributed by atoms with Crippen LogP contribution in [0.3, 0.4) is 0 Å². The van der Waals surface area contributed by atoms with Gasteiger partial charge in [0.2, 0.25) is 5.91 Å². The fraction of sp³-hybridized carbons (Fsp3) is 0.857. The second-order valence-corrected chi connectivity index (χ2v) is 6.83. The Bertz CT molecular complexity index is 424. The SMILES string of the molecule is CC(C)(C#N)ON1C(C)(C)CN(CCO)C(=O)C1(C)C. The van der Waals surface area contributed by atoms with Crippen LogP contribution in [0.2, 0.25) is 0 Å². The summed E-state index contributed by atoms with van der Waals surface area (Å²) in [7, 11) is 0. The molecule has 0 aromatic heterocycles. The molecule has 0 bridgehead atoms. The van der Waals surface area contributed by atoms with Crippen molar-refractivity contribution in [1.29, 1.82) is 5.26 Å². The Morgan fingerprint density at radius 1 is 1.40 bits per heavy atom. The zero-order valence-corrected chi connectivity index (χ0v) is 13.2. The second kappa shape index (κ2) is 5.32. The molecule has 1 amide bonds. The molecule has 0 saturated carbocycles. The van der Waals surface area contributed by atoms with E-state index >= 15 is 0 Å². The summed E-state index contributed by atoms with van der Waals surface area (Å²) in [5.41, 5.74) is -2.36. The number of β-amino-alcohol motifs (C(OH)–C–C–N with tert-alkyl or cyclic N) is 1. The summed E-state index contributed by atoms with van der Waals surface area (Å²) in [4.78, 5) is 20.0. The van der Waals surface area contributed by atoms with Crippen molar-refractivity contribution in [2.75, 3.05) is 19.7 Å². The zero-order chi connectivity index (χ0) is 15.8. The third kappa shape index (κ3) is 3.11. The fourth-order valence-electron chi connectivity index (χ4n) is 2.62. The lowest BCUT2D eigenvalue weighted by Gasteiger charge is -2.54. The molecule has 1 N–H and O–H groups in total. The number of hydrogen-bond acceptors (Lipinski definition) is 5. The maximum Gasteiger partial charge on any atom is 0.245 e. The van der Waals surface area contributed by atoms with Gasteiger partial charge in [0.25, 0.3) is 0 Å². The largest absolute Gasteiger partial charge is 0.395 e. The van der Waals surface area contributed by atoms with Gasteiger partial charge in [-0.05, 0) is 41.5 Å². The number of aliphatic hydroxyl groups excluding tert-OH is 1. The predicted octanol–water partition coefficient (Wildman–Crippen LogP) is 0.914. The lowest BCUT2D eigenvalue weighted by atomic mass is 9.89. The minimum Gasteiger partial charge on any atom is -0.395 e. The molecule has 1 aliphatic rings. The van der Waals surface area contributed by atoms with Crippen LogP contribution in [-0.2, 0) is 9.63 Å². The third-order valence-electron chi connectivity index (χ3n) is 3.40. The Morgan fingerprint density at radius 3 is 2.40 bits per heavy atom. The predicted molar refractivity (Wildman–Crippen MR) is 74.4 cm³/mol. The van der Waals surface area contributed by atoms with Crippen molar-refractivity contribution >= 4 is 5.91 Å². The Morgan fingerprint density at radius 2 is 1.95 bits per heavy atom. The fourth-order valence-corrected chi connectivity index (χ4v) is 2.62. The summed E-state index contributed by atoms with van der Waals surface area (Å²) < 4.78 is 0. The Hall–Kier alpha value is -1.16. The standard InChI is InChI=1S/C14H25N3O3/c1-12(2)10-16(7-8-18)11(19)14(5,6)17(12)20-13(3,4)9-15/h18H,7-8,10H2,1-6H3. The highest BCUT2D eigenvalue weighted by atomic mass is 16.7. The van der Waals surface area contributed by atoms with Crippen LogP contribution in [0.1, 0.15) is 41.5 Å². The Kier molecular flexibility index (Phi) is 4.49. The summed E-state index contributed by atoms with van der Waals surface area (Å²) in [5, 5.41) is 19.8. The van der Waals surface area contributed by atoms with Crippen molar-refractivity contribution < 1.29 is 14.7 Å². The van der Waals surface area contributed by atoms with E-state index < -0.39 is 16.7 Å². The first-order chi connectivity index (χ1) is 8.98. The number of hydroxylamine groups is 2. The minimum atomic E-state index is -1.01. The van der Waals surface area contributed by atoms with Gasteiger partial charge in [0.15, 0.2) is 5.60 Å². The molecule has 1 aliphatic heterocycles. The summed E-state index contributed by atoms with van der Waals surface area (Å²) in [5.74, 6) is -0.111. The number of amides is 1. The molecule has 6 nitrogen and oxygen atoms in total. The summed E-state index contributed by atoms with van der Waals surface area (Å²) in [6, 6.07) is 2.09. The second-order valence-electron chi connectivity index (χ2n) is 6.83. The van der Waals surface area contributed by atoms with Crippen molar-refractivity contribution in [3.05, 3.63) is 0 Å². The van der Waals surface area contributed by atoms with E-state index in [1.54, 1.807) is 37.7 Å². The van der Waals surface area contributed by atoms with E-state index in [9.17, 15) is 4.79 Å². The average molecular weight is 283 g/mol. The molecule has 1 fully saturated rings. The number of nitrogens with zero attached hydrogens (tertiary/aromatic N) is 3. The van der Waals surface area contributed by atoms with E-state index in [4.69, 9.17) is 15.2 Å². The first kappa shape index (κ1) is 16.9. The van der Waals surface area contributed by atoms with Crippen LogP contribution in [0.25, 0.3) is 0 Å². The van der Waals surface area contributed by atoms with Crippen molar-refractivity contribution in [3.8, 4) is 6.07 Å². The third-order valence-corrected chi connectivity index (χ3v) is 3.40. The molecule has 0 unspecified atom stereocenters. The molecule has 1 heterocycles. The van der Waals surface area contributed by atoms with Gasteiger partial charge in [-0.15, -0.1) is 0 Å². The molecule has 20 heavy (non-hydrogen) atoms. The number of carbonyl (C=O) groups is 1. The van der Waals surface area contributed by atoms with Crippen molar-refractivity contribution in [2.24, 2.45) is 0 Å². The first-order valence-corrected chi connectivity index (χ1v) is 6.79. The highest BCUT2D eigenvalue weighted by molar-refractivity contribution is 5.86. The Labute approximate surface area is 120 Å². The number of aliphatic hydroxyl groups is 1. The number of hydrogen-bond donors (Lipinski definition) is 1. The van der Waals surface area contributed by atoms with E-state index in [1.807, 2.05) is 13.8 Å². The maximum absolute atomic E-state index is 12.5. The first-order valence-electron chi connectivity index (χ1n) is 6.79. The van der Waals surface area contributed by atoms with Crippen LogP contribution < -0.4 is 0 Å². The number of rotatable bonds is 4. The van der Waals surface area contributed by atoms with E-state index in [2.05, 4.69) is 6.07 Å². The van der Waals surface area contributed by atoms with Gasteiger partial charge in [-0.1, -0.05) is 0 Å². The van der Waals surface area contributed by atoms with Crippen LogP contribution in [0.4, 0.5) is 0 Å². The molecule has 0 spiro atoms. The van der Waals surface area contributed by atoms with Crippen LogP contribution in [0, 0.1) is 11.3 Å². The van der Waals surface area contributed by atoms with Crippen LogP contribution in [0.15, 0.2) is 0 Å². The monoisotopic (exact) mass is 283 g/mol. The summed E-state index contributed by atoms with van der Waals surface area (Å²) >= 11 is 0. The molecule has 1 rings (SSSR count). The van der Waals surface area contributed by atoms with Gasteiger partial charge in [-0.3, -0.25) is 9.63 Å². The van der Waals surface area contributed by atoms with Gasteiger partial charge in [-0.2, -0.15) is 10.3 Å². The quantitative estimate of drug-likeness (QED) is 0.830. The van der Waals surface area contributed by atoms with Gasteiger partial charge < -0.3 is 10.0 Å². The van der Waals surface area contributed by atoms with E-state index in [0.29, 0.717) is 13.1 Å². The van der Waals surface area contributed by atoms with Crippen LogP contribution >= 0.6 is 0 Å². The molecule has 6 heteroatoms. The lowest BCUT2D eigenvalue weighted by molar-refractivity contribution is -0.311. The topological polar surface area (TPSA) is 76.8 Å². The molecule has 0 atom stereocenters. The summed E-state index contributed by atoms with van der Waals surface area (Å²) in [6.07, 6.45) is 0. The molecule has 0 radical (unpaired) electrons. The lowest BCUT2D eigenvalue weighted by Crippen LogP contribution is -2.72. The number of nitriles is 1.